The van der Waals surface area contributed by atoms with Crippen molar-refractivity contribution in [3.8, 4) is 0 Å². The maximum Gasteiger partial charge on any atom is 0.233 e. The third kappa shape index (κ3) is 6.85. The summed E-state index contributed by atoms with van der Waals surface area (Å²) >= 11 is 0. The molecule has 1 aliphatic rings. The maximum atomic E-state index is 11.5. The summed E-state index contributed by atoms with van der Waals surface area (Å²) < 4.78 is 0. The average molecular weight is 509 g/mol. The molecule has 2 aromatic rings. The van der Waals surface area contributed by atoms with Gasteiger partial charge in [0.25, 0.3) is 0 Å². The lowest BCUT2D eigenvalue weighted by atomic mass is 10.0. The molecule has 6 nitrogen and oxygen atoms in total. The monoisotopic (exact) mass is 509 g/mol. The molecule has 0 radical (unpaired) electrons. The maximum absolute atomic E-state index is 11.5. The van der Waals surface area contributed by atoms with Gasteiger partial charge >= 0.3 is 0 Å². The highest BCUT2D eigenvalue weighted by molar-refractivity contribution is 14.0. The van der Waals surface area contributed by atoms with Crippen molar-refractivity contribution >= 4 is 46.6 Å². The van der Waals surface area contributed by atoms with Crippen LogP contribution in [0.25, 0.3) is 10.8 Å². The summed E-state index contributed by atoms with van der Waals surface area (Å²) in [6, 6.07) is 15.4. The number of likely N-dealkylation sites (N-methyl/N-ethyl adjacent to an activating group) is 1. The standard InChI is InChI=1S/C22H31N5O.HI/c1-23-21(28)16-27-14-11-19(12-15-27)26-22(24-2)25-13-10-18-8-5-7-17-6-3-4-9-20(17)18;/h3-9,19H,10-16H2,1-2H3,(H,23,28)(H2,24,25,26);1H. The van der Waals surface area contributed by atoms with Gasteiger partial charge in [-0.15, -0.1) is 24.0 Å². The number of carbonyl (C=O) groups excluding carboxylic acids is 1. The number of likely N-dealkylation sites (tertiary alicyclic amines) is 1. The van der Waals surface area contributed by atoms with Crippen LogP contribution in [-0.4, -0.2) is 63.1 Å². The molecular formula is C22H32IN5O. The fourth-order valence-electron chi connectivity index (χ4n) is 3.73. The number of nitrogens with zero attached hydrogens (tertiary/aromatic N) is 2. The number of piperidine rings is 1. The van der Waals surface area contributed by atoms with Crippen molar-refractivity contribution in [3.63, 3.8) is 0 Å². The number of hydrogen-bond acceptors (Lipinski definition) is 3. The SMILES string of the molecule is CN=C(NCCc1cccc2ccccc12)NC1CCN(CC(=O)NC)CC1.I. The molecule has 0 aliphatic carbocycles. The van der Waals surface area contributed by atoms with E-state index in [4.69, 9.17) is 0 Å². The predicted octanol–water partition coefficient (Wildman–Crippen LogP) is 2.38. The second kappa shape index (κ2) is 12.0. The van der Waals surface area contributed by atoms with Crippen LogP contribution in [0.15, 0.2) is 47.5 Å². The Balaban J connectivity index is 0.00000300. The van der Waals surface area contributed by atoms with Gasteiger partial charge in [-0.2, -0.15) is 0 Å². The zero-order valence-corrected chi connectivity index (χ0v) is 19.6. The molecule has 1 saturated heterocycles. The summed E-state index contributed by atoms with van der Waals surface area (Å²) in [5, 5.41) is 12.3. The zero-order chi connectivity index (χ0) is 19.8. The number of rotatable bonds is 6. The van der Waals surface area contributed by atoms with E-state index in [1.807, 2.05) is 7.05 Å². The Morgan fingerprint density at radius 1 is 1.14 bits per heavy atom. The molecule has 0 unspecified atom stereocenters. The first kappa shape index (κ1) is 23.4. The first-order chi connectivity index (χ1) is 13.7. The quantitative estimate of drug-likeness (QED) is 0.318. The van der Waals surface area contributed by atoms with Crippen LogP contribution in [0.2, 0.25) is 0 Å². The molecule has 0 saturated carbocycles. The molecule has 1 fully saturated rings. The average Bonchev–Trinajstić information content (AvgIpc) is 2.74. The molecule has 1 aliphatic heterocycles. The number of carbonyl (C=O) groups is 1. The van der Waals surface area contributed by atoms with Crippen LogP contribution in [-0.2, 0) is 11.2 Å². The summed E-state index contributed by atoms with van der Waals surface area (Å²) in [5.41, 5.74) is 1.35. The first-order valence-electron chi connectivity index (χ1n) is 10.1. The smallest absolute Gasteiger partial charge is 0.233 e. The van der Waals surface area contributed by atoms with Crippen molar-refractivity contribution in [2.75, 3.05) is 40.3 Å². The Hall–Kier alpha value is -1.87. The Labute approximate surface area is 190 Å². The van der Waals surface area contributed by atoms with Crippen LogP contribution >= 0.6 is 24.0 Å². The van der Waals surface area contributed by atoms with Crippen molar-refractivity contribution in [2.24, 2.45) is 4.99 Å². The number of aliphatic imine (C=N–C) groups is 1. The van der Waals surface area contributed by atoms with Gasteiger partial charge in [0, 0.05) is 39.8 Å². The highest BCUT2D eigenvalue weighted by atomic mass is 127. The second-order valence-electron chi connectivity index (χ2n) is 7.26. The molecule has 3 rings (SSSR count). The predicted molar refractivity (Wildman–Crippen MR) is 131 cm³/mol. The van der Waals surface area contributed by atoms with Gasteiger partial charge in [0.2, 0.25) is 5.91 Å². The highest BCUT2D eigenvalue weighted by Crippen LogP contribution is 2.18. The molecule has 2 aromatic carbocycles. The lowest BCUT2D eigenvalue weighted by Gasteiger charge is -2.32. The third-order valence-electron chi connectivity index (χ3n) is 5.36. The topological polar surface area (TPSA) is 68.8 Å². The number of fused-ring (bicyclic) bond motifs is 1. The molecule has 0 bridgehead atoms. The van der Waals surface area contributed by atoms with Crippen molar-refractivity contribution in [1.29, 1.82) is 0 Å². The molecule has 0 atom stereocenters. The molecule has 1 heterocycles. The summed E-state index contributed by atoms with van der Waals surface area (Å²) in [5.74, 6) is 0.933. The van der Waals surface area contributed by atoms with Crippen molar-refractivity contribution in [1.82, 2.24) is 20.9 Å². The molecule has 0 spiro atoms. The van der Waals surface area contributed by atoms with Gasteiger partial charge in [-0.25, -0.2) is 0 Å². The Bertz CT molecular complexity index is 812. The summed E-state index contributed by atoms with van der Waals surface area (Å²) in [7, 11) is 3.50. The van der Waals surface area contributed by atoms with E-state index in [1.165, 1.54) is 16.3 Å². The van der Waals surface area contributed by atoms with Gasteiger partial charge in [-0.1, -0.05) is 42.5 Å². The van der Waals surface area contributed by atoms with Crippen molar-refractivity contribution < 1.29 is 4.79 Å². The fraction of sp³-hybridized carbons (Fsp3) is 0.455. The normalized spacial score (nSPS) is 15.6. The van der Waals surface area contributed by atoms with E-state index in [9.17, 15) is 4.79 Å². The Morgan fingerprint density at radius 2 is 1.86 bits per heavy atom. The van der Waals surface area contributed by atoms with Gasteiger partial charge < -0.3 is 16.0 Å². The van der Waals surface area contributed by atoms with E-state index in [0.717, 1.165) is 44.9 Å². The van der Waals surface area contributed by atoms with Crippen LogP contribution < -0.4 is 16.0 Å². The van der Waals surface area contributed by atoms with Crippen LogP contribution in [0.3, 0.4) is 0 Å². The van der Waals surface area contributed by atoms with E-state index < -0.39 is 0 Å². The van der Waals surface area contributed by atoms with Gasteiger partial charge in [0.1, 0.15) is 0 Å². The largest absolute Gasteiger partial charge is 0.358 e. The van der Waals surface area contributed by atoms with E-state index in [2.05, 4.69) is 68.3 Å². The number of halogens is 1. The molecule has 29 heavy (non-hydrogen) atoms. The second-order valence-corrected chi connectivity index (χ2v) is 7.26. The third-order valence-corrected chi connectivity index (χ3v) is 5.36. The van der Waals surface area contributed by atoms with Crippen LogP contribution in [0.1, 0.15) is 18.4 Å². The van der Waals surface area contributed by atoms with Crippen LogP contribution in [0.5, 0.6) is 0 Å². The number of nitrogens with one attached hydrogen (secondary N) is 3. The van der Waals surface area contributed by atoms with Crippen LogP contribution in [0.4, 0.5) is 0 Å². The molecule has 3 N–H and O–H groups in total. The fourth-order valence-corrected chi connectivity index (χ4v) is 3.73. The number of amides is 1. The Morgan fingerprint density at radius 3 is 2.59 bits per heavy atom. The van der Waals surface area contributed by atoms with Crippen molar-refractivity contribution in [3.05, 3.63) is 48.0 Å². The summed E-state index contributed by atoms with van der Waals surface area (Å²) in [6.45, 7) is 3.18. The van der Waals surface area contributed by atoms with E-state index in [-0.39, 0.29) is 29.9 Å². The van der Waals surface area contributed by atoms with Gasteiger partial charge in [0.05, 0.1) is 6.54 Å². The number of hydrogen-bond donors (Lipinski definition) is 3. The molecule has 158 valence electrons. The zero-order valence-electron chi connectivity index (χ0n) is 17.3. The first-order valence-corrected chi connectivity index (χ1v) is 10.1. The van der Waals surface area contributed by atoms with Gasteiger partial charge in [-0.05, 0) is 35.6 Å². The minimum absolute atomic E-state index is 0. The number of benzene rings is 2. The summed E-state index contributed by atoms with van der Waals surface area (Å²) in [6.07, 6.45) is 2.98. The number of guanidine groups is 1. The van der Waals surface area contributed by atoms with Gasteiger partial charge in [-0.3, -0.25) is 14.7 Å². The van der Waals surface area contributed by atoms with E-state index in [1.54, 1.807) is 7.05 Å². The minimum atomic E-state index is 0. The van der Waals surface area contributed by atoms with E-state index >= 15 is 0 Å². The molecule has 0 aromatic heterocycles. The Kier molecular flexibility index (Phi) is 9.66. The lowest BCUT2D eigenvalue weighted by Crippen LogP contribution is -2.50. The molecular weight excluding hydrogens is 477 g/mol. The lowest BCUT2D eigenvalue weighted by molar-refractivity contribution is -0.122. The molecule has 1 amide bonds. The van der Waals surface area contributed by atoms with Gasteiger partial charge in [0.15, 0.2) is 5.96 Å². The summed E-state index contributed by atoms with van der Waals surface area (Å²) in [4.78, 5) is 18.1. The van der Waals surface area contributed by atoms with Crippen molar-refractivity contribution in [2.45, 2.75) is 25.3 Å². The van der Waals surface area contributed by atoms with E-state index in [0.29, 0.717) is 12.6 Å². The molecule has 7 heteroatoms. The minimum Gasteiger partial charge on any atom is -0.358 e. The highest BCUT2D eigenvalue weighted by Gasteiger charge is 2.21. The van der Waals surface area contributed by atoms with Crippen LogP contribution in [0, 0.1) is 0 Å².